The van der Waals surface area contributed by atoms with Crippen molar-refractivity contribution in [3.63, 3.8) is 0 Å². The van der Waals surface area contributed by atoms with Crippen LogP contribution in [0.25, 0.3) is 0 Å². The van der Waals surface area contributed by atoms with Crippen LogP contribution < -0.4 is 27.4 Å². The van der Waals surface area contributed by atoms with Gasteiger partial charge in [-0.3, -0.25) is 19.2 Å². The molecule has 8 N–H and O–H groups in total. The van der Waals surface area contributed by atoms with Gasteiger partial charge in [0.15, 0.2) is 6.10 Å². The van der Waals surface area contributed by atoms with Crippen LogP contribution in [0, 0.1) is 5.92 Å². The summed E-state index contributed by atoms with van der Waals surface area (Å²) in [6.45, 7) is 4.68. The maximum atomic E-state index is 13.0. The monoisotopic (exact) mass is 517 g/mol. The molecule has 0 radical (unpaired) electrons. The number of benzene rings is 1. The number of hydrogen-bond donors (Lipinski definition) is 6. The van der Waals surface area contributed by atoms with Crippen molar-refractivity contribution in [1.29, 1.82) is 0 Å². The Kier molecular flexibility index (Phi) is 11.8. The number of hydrogen-bond acceptors (Lipinski definition) is 6. The van der Waals surface area contributed by atoms with Crippen molar-refractivity contribution in [1.82, 2.24) is 16.0 Å². The predicted octanol–water partition coefficient (Wildman–Crippen LogP) is -0.125. The third-order valence-electron chi connectivity index (χ3n) is 5.43. The molecule has 0 aromatic heterocycles. The number of nitrogens with two attached hydrogens (primary N) is 2. The maximum Gasteiger partial charge on any atom is 0.416 e. The zero-order valence-electron chi connectivity index (χ0n) is 20.3. The zero-order valence-corrected chi connectivity index (χ0v) is 20.3. The molecule has 0 fully saturated rings. The van der Waals surface area contributed by atoms with Crippen molar-refractivity contribution in [2.24, 2.45) is 17.4 Å². The van der Waals surface area contributed by atoms with Crippen LogP contribution in [0.1, 0.15) is 39.2 Å². The van der Waals surface area contributed by atoms with Crippen LogP contribution in [0.5, 0.6) is 0 Å². The average molecular weight is 518 g/mol. The number of halogens is 3. The highest BCUT2D eigenvalue weighted by Gasteiger charge is 2.44. The molecular formula is C23H34F3N5O5. The molecule has 0 spiro atoms. The Morgan fingerprint density at radius 2 is 1.53 bits per heavy atom. The Bertz CT molecular complexity index is 898. The molecule has 0 aliphatic heterocycles. The minimum absolute atomic E-state index is 0.0611. The summed E-state index contributed by atoms with van der Waals surface area (Å²) in [5.41, 5.74) is 11.5. The lowest BCUT2D eigenvalue weighted by molar-refractivity contribution is -0.212. The lowest BCUT2D eigenvalue weighted by atomic mass is 10.0. The second-order valence-electron chi connectivity index (χ2n) is 8.86. The Morgan fingerprint density at radius 1 is 0.944 bits per heavy atom. The van der Waals surface area contributed by atoms with Gasteiger partial charge in [-0.15, -0.1) is 0 Å². The molecule has 0 aliphatic rings. The SMILES string of the molecule is CC(C)[C@H](N)C(=O)N[C@@H](Cc1ccccc1)C(=O)N[C@@H](C)C(=O)NC(CCC(N)=O)C(O)C(F)(F)F. The predicted molar refractivity (Wildman–Crippen MR) is 125 cm³/mol. The third-order valence-corrected chi connectivity index (χ3v) is 5.43. The van der Waals surface area contributed by atoms with E-state index in [0.29, 0.717) is 5.56 Å². The summed E-state index contributed by atoms with van der Waals surface area (Å²) in [5.74, 6) is -3.52. The quantitative estimate of drug-likeness (QED) is 0.212. The fourth-order valence-corrected chi connectivity index (χ4v) is 3.15. The Morgan fingerprint density at radius 3 is 2.03 bits per heavy atom. The largest absolute Gasteiger partial charge is 0.416 e. The van der Waals surface area contributed by atoms with Gasteiger partial charge in [-0.25, -0.2) is 0 Å². The molecule has 0 saturated carbocycles. The molecule has 1 rings (SSSR count). The normalized spacial score (nSPS) is 15.8. The average Bonchev–Trinajstić information content (AvgIpc) is 2.79. The van der Waals surface area contributed by atoms with E-state index in [9.17, 15) is 37.5 Å². The molecule has 5 atom stereocenters. The Hall–Kier alpha value is -3.19. The number of aliphatic hydroxyl groups is 1. The van der Waals surface area contributed by atoms with E-state index >= 15 is 0 Å². The van der Waals surface area contributed by atoms with Gasteiger partial charge in [-0.05, 0) is 24.8 Å². The van der Waals surface area contributed by atoms with Crippen LogP contribution in [0.4, 0.5) is 13.2 Å². The Labute approximate surface area is 207 Å². The highest BCUT2D eigenvalue weighted by atomic mass is 19.4. The van der Waals surface area contributed by atoms with Crippen molar-refractivity contribution >= 4 is 23.6 Å². The molecule has 0 heterocycles. The third kappa shape index (κ3) is 10.2. The molecule has 202 valence electrons. The second-order valence-corrected chi connectivity index (χ2v) is 8.86. The molecule has 10 nitrogen and oxygen atoms in total. The van der Waals surface area contributed by atoms with Crippen LogP contribution in [-0.2, 0) is 25.6 Å². The number of alkyl halides is 3. The zero-order chi connectivity index (χ0) is 27.6. The summed E-state index contributed by atoms with van der Waals surface area (Å²) in [6.07, 6.45) is -9.04. The van der Waals surface area contributed by atoms with E-state index in [0.717, 1.165) is 0 Å². The van der Waals surface area contributed by atoms with E-state index in [1.54, 1.807) is 44.2 Å². The summed E-state index contributed by atoms with van der Waals surface area (Å²) in [4.78, 5) is 49.0. The first-order valence-electron chi connectivity index (χ1n) is 11.4. The summed E-state index contributed by atoms with van der Waals surface area (Å²) < 4.78 is 39.0. The lowest BCUT2D eigenvalue weighted by Crippen LogP contribution is -2.58. The van der Waals surface area contributed by atoms with Gasteiger partial charge < -0.3 is 32.5 Å². The molecule has 2 unspecified atom stereocenters. The van der Waals surface area contributed by atoms with Crippen molar-refractivity contribution < 1.29 is 37.5 Å². The number of rotatable bonds is 13. The molecule has 0 bridgehead atoms. The van der Waals surface area contributed by atoms with E-state index in [4.69, 9.17) is 11.5 Å². The molecular weight excluding hydrogens is 483 g/mol. The van der Waals surface area contributed by atoms with Crippen molar-refractivity contribution in [3.8, 4) is 0 Å². The first-order valence-corrected chi connectivity index (χ1v) is 11.4. The standard InChI is InChI=1S/C23H34F3N5O5/c1-12(2)18(28)22(36)31-16(11-14-7-5-4-6-8-14)21(35)29-13(3)20(34)30-15(9-10-17(27)32)19(33)23(24,25)26/h4-8,12-13,15-16,18-19,33H,9-11,28H2,1-3H3,(H2,27,32)(H,29,35)(H,30,34)(H,31,36)/t13-,15?,16-,18-,19?/m0/s1. The lowest BCUT2D eigenvalue weighted by Gasteiger charge is -2.28. The molecule has 4 amide bonds. The van der Waals surface area contributed by atoms with Gasteiger partial charge >= 0.3 is 6.18 Å². The van der Waals surface area contributed by atoms with Crippen LogP contribution in [0.3, 0.4) is 0 Å². The number of carbonyl (C=O) groups is 4. The van der Waals surface area contributed by atoms with E-state index < -0.39 is 72.9 Å². The van der Waals surface area contributed by atoms with Crippen LogP contribution in [0.15, 0.2) is 30.3 Å². The van der Waals surface area contributed by atoms with Crippen molar-refractivity contribution in [3.05, 3.63) is 35.9 Å². The summed E-state index contributed by atoms with van der Waals surface area (Å²) in [5, 5.41) is 16.5. The first kappa shape index (κ1) is 30.8. The molecule has 36 heavy (non-hydrogen) atoms. The molecule has 1 aromatic rings. The van der Waals surface area contributed by atoms with E-state index in [1.807, 2.05) is 5.32 Å². The molecule has 0 aliphatic carbocycles. The van der Waals surface area contributed by atoms with Gasteiger partial charge in [0.2, 0.25) is 23.6 Å². The van der Waals surface area contributed by atoms with Crippen LogP contribution in [0.2, 0.25) is 0 Å². The summed E-state index contributed by atoms with van der Waals surface area (Å²) in [6, 6.07) is 3.46. The van der Waals surface area contributed by atoms with E-state index in [-0.39, 0.29) is 12.3 Å². The number of primary amides is 1. The molecule has 13 heteroatoms. The molecule has 0 saturated heterocycles. The summed E-state index contributed by atoms with van der Waals surface area (Å²) in [7, 11) is 0. The van der Waals surface area contributed by atoms with Crippen molar-refractivity contribution in [2.75, 3.05) is 0 Å². The number of nitrogens with one attached hydrogen (secondary N) is 3. The maximum absolute atomic E-state index is 13.0. The summed E-state index contributed by atoms with van der Waals surface area (Å²) >= 11 is 0. The fraction of sp³-hybridized carbons (Fsp3) is 0.565. The van der Waals surface area contributed by atoms with Crippen LogP contribution >= 0.6 is 0 Å². The van der Waals surface area contributed by atoms with Crippen molar-refractivity contribution in [2.45, 2.75) is 76.5 Å². The minimum Gasteiger partial charge on any atom is -0.382 e. The van der Waals surface area contributed by atoms with Gasteiger partial charge in [0.05, 0.1) is 12.1 Å². The Balaban J connectivity index is 2.97. The highest BCUT2D eigenvalue weighted by Crippen LogP contribution is 2.24. The highest BCUT2D eigenvalue weighted by molar-refractivity contribution is 5.93. The van der Waals surface area contributed by atoms with Gasteiger partial charge in [-0.1, -0.05) is 44.2 Å². The van der Waals surface area contributed by atoms with Gasteiger partial charge in [0, 0.05) is 12.8 Å². The minimum atomic E-state index is -5.07. The van der Waals surface area contributed by atoms with E-state index in [1.165, 1.54) is 6.92 Å². The number of aliphatic hydroxyl groups excluding tert-OH is 1. The van der Waals surface area contributed by atoms with Crippen LogP contribution in [-0.4, -0.2) is 65.2 Å². The van der Waals surface area contributed by atoms with Gasteiger partial charge in [0.25, 0.3) is 0 Å². The van der Waals surface area contributed by atoms with E-state index in [2.05, 4.69) is 10.6 Å². The number of amides is 4. The topological polar surface area (TPSA) is 177 Å². The van der Waals surface area contributed by atoms with Gasteiger partial charge in [-0.2, -0.15) is 13.2 Å². The first-order chi connectivity index (χ1) is 16.6. The smallest absolute Gasteiger partial charge is 0.382 e. The second kappa shape index (κ2) is 13.8. The fourth-order valence-electron chi connectivity index (χ4n) is 3.15. The van der Waals surface area contributed by atoms with Gasteiger partial charge in [0.1, 0.15) is 12.1 Å². The molecule has 1 aromatic carbocycles. The number of carbonyl (C=O) groups excluding carboxylic acids is 4.